The summed E-state index contributed by atoms with van der Waals surface area (Å²) in [5.41, 5.74) is 1.46. The van der Waals surface area contributed by atoms with Gasteiger partial charge in [0.15, 0.2) is 0 Å². The Morgan fingerprint density at radius 1 is 0.941 bits per heavy atom. The van der Waals surface area contributed by atoms with Crippen molar-refractivity contribution in [3.05, 3.63) is 35.9 Å². The molecule has 1 rings (SSSR count). The predicted molar refractivity (Wildman–Crippen MR) is 73.7 cm³/mol. The Morgan fingerprint density at radius 3 is 1.71 bits per heavy atom. The van der Waals surface area contributed by atoms with Crippen molar-refractivity contribution in [2.75, 3.05) is 19.6 Å². The van der Waals surface area contributed by atoms with Crippen molar-refractivity contribution < 1.29 is 23.4 Å². The van der Waals surface area contributed by atoms with E-state index < -0.39 is 18.9 Å². The van der Waals surface area contributed by atoms with Crippen molar-refractivity contribution in [3.8, 4) is 0 Å². The Balaban J connectivity index is 0.000000770. The van der Waals surface area contributed by atoms with Crippen LogP contribution in [0.25, 0.3) is 0 Å². The molecule has 0 N–H and O–H groups in total. The molecule has 0 spiro atoms. The molecular formula is C13H22Cl2IN. The third-order valence-corrected chi connectivity index (χ3v) is 3.37. The van der Waals surface area contributed by atoms with Crippen LogP contribution < -0.4 is 18.9 Å². The van der Waals surface area contributed by atoms with Gasteiger partial charge in [0.05, 0.1) is 19.6 Å². The maximum absolute atomic E-state index is 4.87. The monoisotopic (exact) mass is 389 g/mol. The summed E-state index contributed by atoms with van der Waals surface area (Å²) in [5, 5.41) is 0. The van der Waals surface area contributed by atoms with Crippen LogP contribution >= 0.6 is 17.8 Å². The molecule has 1 nitrogen and oxygen atoms in total. The summed E-state index contributed by atoms with van der Waals surface area (Å²) >= 11 is -0.466. The van der Waals surface area contributed by atoms with Gasteiger partial charge in [-0.1, -0.05) is 30.3 Å². The molecule has 0 bridgehead atoms. The first-order valence-corrected chi connectivity index (χ1v) is 11.4. The Morgan fingerprint density at radius 2 is 1.35 bits per heavy atom. The Bertz CT molecular complexity index is 268. The first-order chi connectivity index (χ1) is 8.17. The topological polar surface area (TPSA) is 0 Å². The first-order valence-electron chi connectivity index (χ1n) is 5.94. The van der Waals surface area contributed by atoms with Crippen LogP contribution in [0.4, 0.5) is 0 Å². The van der Waals surface area contributed by atoms with Gasteiger partial charge in [-0.2, -0.15) is 0 Å². The van der Waals surface area contributed by atoms with Crippen molar-refractivity contribution in [1.29, 1.82) is 0 Å². The Hall–Kier alpha value is 0.490. The average molecular weight is 390 g/mol. The molecule has 1 aromatic rings. The van der Waals surface area contributed by atoms with Crippen molar-refractivity contribution in [2.45, 2.75) is 27.3 Å². The van der Waals surface area contributed by atoms with Crippen LogP contribution in [-0.2, 0) is 6.54 Å². The van der Waals surface area contributed by atoms with E-state index in [1.54, 1.807) is 0 Å². The van der Waals surface area contributed by atoms with E-state index in [0.717, 1.165) is 0 Å². The fourth-order valence-electron chi connectivity index (χ4n) is 1.98. The summed E-state index contributed by atoms with van der Waals surface area (Å²) in [7, 11) is 9.75. The number of nitrogens with zero attached hydrogens (tertiary/aromatic N) is 1. The summed E-state index contributed by atoms with van der Waals surface area (Å²) in [6.45, 7) is 11.7. The average Bonchev–Trinajstić information content (AvgIpc) is 2.38. The molecule has 0 unspecified atom stereocenters. The van der Waals surface area contributed by atoms with Crippen LogP contribution in [0.2, 0.25) is 0 Å². The molecule has 0 aliphatic carbocycles. The second-order valence-corrected chi connectivity index (χ2v) is 7.19. The summed E-state index contributed by atoms with van der Waals surface area (Å²) in [6, 6.07) is 10.8. The Kier molecular flexibility index (Phi) is 10.7. The van der Waals surface area contributed by atoms with Crippen LogP contribution in [0.1, 0.15) is 26.3 Å². The fraction of sp³-hybridized carbons (Fsp3) is 0.538. The van der Waals surface area contributed by atoms with Crippen molar-refractivity contribution in [3.63, 3.8) is 0 Å². The van der Waals surface area contributed by atoms with E-state index >= 15 is 0 Å². The molecule has 0 radical (unpaired) electrons. The molecule has 0 atom stereocenters. The second-order valence-electron chi connectivity index (χ2n) is 3.99. The molecule has 1 aromatic carbocycles. The van der Waals surface area contributed by atoms with Gasteiger partial charge in [-0.15, -0.1) is 0 Å². The standard InChI is InChI=1S/C13H22N.Cl2I/c1-4-14(5-2,6-3)12-13-10-8-7-9-11-13;1-3-2/h7-11H,4-6,12H2,1-3H3;/q+1;-1. The summed E-state index contributed by atoms with van der Waals surface area (Å²) in [5.74, 6) is 0. The van der Waals surface area contributed by atoms with E-state index in [1.807, 2.05) is 0 Å². The third-order valence-electron chi connectivity index (χ3n) is 3.37. The quantitative estimate of drug-likeness (QED) is 0.528. The molecule has 0 saturated heterocycles. The third kappa shape index (κ3) is 6.85. The zero-order chi connectivity index (χ0) is 13.1. The molecule has 4 heteroatoms. The van der Waals surface area contributed by atoms with E-state index in [2.05, 4.69) is 51.1 Å². The molecule has 0 saturated carbocycles. The van der Waals surface area contributed by atoms with Gasteiger partial charge in [0.25, 0.3) is 0 Å². The van der Waals surface area contributed by atoms with Crippen molar-refractivity contribution in [1.82, 2.24) is 0 Å². The van der Waals surface area contributed by atoms with Crippen LogP contribution in [0, 0.1) is 0 Å². The zero-order valence-electron chi connectivity index (χ0n) is 10.8. The number of rotatable bonds is 5. The van der Waals surface area contributed by atoms with Gasteiger partial charge in [0, 0.05) is 5.56 Å². The maximum atomic E-state index is 4.87. The van der Waals surface area contributed by atoms with Gasteiger partial charge in [-0.05, 0) is 20.8 Å². The van der Waals surface area contributed by atoms with E-state index in [-0.39, 0.29) is 0 Å². The van der Waals surface area contributed by atoms with Crippen LogP contribution in [0.5, 0.6) is 0 Å². The number of benzene rings is 1. The van der Waals surface area contributed by atoms with Gasteiger partial charge in [0.2, 0.25) is 0 Å². The van der Waals surface area contributed by atoms with E-state index in [1.165, 1.54) is 36.2 Å². The molecule has 0 aromatic heterocycles. The molecule has 100 valence electrons. The summed E-state index contributed by atoms with van der Waals surface area (Å²) < 4.78 is 1.20. The molecule has 0 aliphatic rings. The molecule has 0 aliphatic heterocycles. The number of quaternary nitrogens is 1. The van der Waals surface area contributed by atoms with Gasteiger partial charge in [-0.3, -0.25) is 0 Å². The predicted octanol–water partition coefficient (Wildman–Crippen LogP) is 1.45. The minimum atomic E-state index is -0.466. The van der Waals surface area contributed by atoms with E-state index in [4.69, 9.17) is 17.8 Å². The summed E-state index contributed by atoms with van der Waals surface area (Å²) in [6.07, 6.45) is 0. The molecular weight excluding hydrogens is 368 g/mol. The minimum absolute atomic E-state index is 0.466. The Labute approximate surface area is 123 Å². The van der Waals surface area contributed by atoms with E-state index in [0.29, 0.717) is 0 Å². The second kappa shape index (κ2) is 10.4. The fourth-order valence-corrected chi connectivity index (χ4v) is 1.98. The van der Waals surface area contributed by atoms with Gasteiger partial charge in [0.1, 0.15) is 6.54 Å². The SMILES string of the molecule is CC[N+](CC)(CC)Cc1ccccc1.Cl[I-]Cl. The van der Waals surface area contributed by atoms with Crippen LogP contribution in [0.3, 0.4) is 0 Å². The molecule has 0 amide bonds. The molecule has 17 heavy (non-hydrogen) atoms. The molecule has 0 heterocycles. The van der Waals surface area contributed by atoms with Crippen LogP contribution in [-0.4, -0.2) is 24.1 Å². The number of halogens is 3. The molecule has 0 fully saturated rings. The normalized spacial score (nSPS) is 10.9. The van der Waals surface area contributed by atoms with Crippen molar-refractivity contribution in [2.24, 2.45) is 0 Å². The van der Waals surface area contributed by atoms with Gasteiger partial charge >= 0.3 is 36.8 Å². The van der Waals surface area contributed by atoms with E-state index in [9.17, 15) is 0 Å². The van der Waals surface area contributed by atoms with Gasteiger partial charge < -0.3 is 4.48 Å². The van der Waals surface area contributed by atoms with Crippen molar-refractivity contribution >= 4 is 17.8 Å². The van der Waals surface area contributed by atoms with Crippen LogP contribution in [0.15, 0.2) is 30.3 Å². The first kappa shape index (κ1) is 17.5. The summed E-state index contributed by atoms with van der Waals surface area (Å²) in [4.78, 5) is 0. The van der Waals surface area contributed by atoms with Gasteiger partial charge in [-0.25, -0.2) is 0 Å². The number of hydrogen-bond acceptors (Lipinski definition) is 0. The number of hydrogen-bond donors (Lipinski definition) is 0. The zero-order valence-corrected chi connectivity index (χ0v) is 14.5.